The lowest BCUT2D eigenvalue weighted by Crippen LogP contribution is -2.51. The highest BCUT2D eigenvalue weighted by Crippen LogP contribution is 2.21. The summed E-state index contributed by atoms with van der Waals surface area (Å²) < 4.78 is 5.89. The molecule has 0 saturated carbocycles. The second-order valence-electron chi connectivity index (χ2n) is 7.81. The van der Waals surface area contributed by atoms with E-state index < -0.39 is 6.04 Å². The van der Waals surface area contributed by atoms with E-state index in [2.05, 4.69) is 5.32 Å². The second kappa shape index (κ2) is 11.1. The van der Waals surface area contributed by atoms with Crippen molar-refractivity contribution in [1.82, 2.24) is 10.2 Å². The minimum atomic E-state index is -0.655. The van der Waals surface area contributed by atoms with Gasteiger partial charge in [0.25, 0.3) is 5.91 Å². The fraction of sp³-hybridized carbons (Fsp3) is 0.259. The average molecular weight is 431 g/mol. The number of nitrogens with zero attached hydrogens (tertiary/aromatic N) is 1. The second-order valence-corrected chi connectivity index (χ2v) is 7.81. The first-order chi connectivity index (χ1) is 15.5. The van der Waals surface area contributed by atoms with Gasteiger partial charge in [-0.25, -0.2) is 0 Å². The highest BCUT2D eigenvalue weighted by Gasteiger charge is 2.30. The molecule has 3 aromatic rings. The number of carbonyl (C=O) groups excluding carboxylic acids is 2. The van der Waals surface area contributed by atoms with Crippen molar-refractivity contribution in [3.63, 3.8) is 0 Å². The van der Waals surface area contributed by atoms with E-state index >= 15 is 0 Å². The Bertz CT molecular complexity index is 1040. The first-order valence-corrected chi connectivity index (χ1v) is 10.8. The van der Waals surface area contributed by atoms with Crippen LogP contribution < -0.4 is 10.1 Å². The number of likely N-dealkylation sites (N-methyl/N-ethyl adjacent to an activating group) is 1. The van der Waals surface area contributed by atoms with Crippen LogP contribution in [0.2, 0.25) is 0 Å². The number of benzene rings is 3. The van der Waals surface area contributed by atoms with Crippen LogP contribution in [-0.2, 0) is 22.6 Å². The molecular formula is C27H30N2O3. The Morgan fingerprint density at radius 1 is 0.875 bits per heavy atom. The van der Waals surface area contributed by atoms with Crippen LogP contribution in [-0.4, -0.2) is 36.4 Å². The Morgan fingerprint density at radius 3 is 2.12 bits per heavy atom. The maximum absolute atomic E-state index is 13.4. The van der Waals surface area contributed by atoms with E-state index in [-0.39, 0.29) is 18.4 Å². The first kappa shape index (κ1) is 23.1. The Morgan fingerprint density at radius 2 is 1.50 bits per heavy atom. The molecule has 1 N–H and O–H groups in total. The van der Waals surface area contributed by atoms with E-state index in [1.807, 2.05) is 92.7 Å². The molecular weight excluding hydrogens is 400 g/mol. The van der Waals surface area contributed by atoms with Crippen molar-refractivity contribution in [1.29, 1.82) is 0 Å². The minimum Gasteiger partial charge on any atom is -0.483 e. The summed E-state index contributed by atoms with van der Waals surface area (Å²) in [5, 5.41) is 2.72. The highest BCUT2D eigenvalue weighted by atomic mass is 16.5. The van der Waals surface area contributed by atoms with Crippen molar-refractivity contribution < 1.29 is 14.3 Å². The molecule has 0 bridgehead atoms. The van der Waals surface area contributed by atoms with E-state index in [9.17, 15) is 9.59 Å². The van der Waals surface area contributed by atoms with Crippen LogP contribution in [0.25, 0.3) is 0 Å². The van der Waals surface area contributed by atoms with E-state index in [1.54, 1.807) is 11.9 Å². The summed E-state index contributed by atoms with van der Waals surface area (Å²) in [5.41, 5.74) is 4.04. The van der Waals surface area contributed by atoms with Gasteiger partial charge in [-0.15, -0.1) is 0 Å². The molecule has 32 heavy (non-hydrogen) atoms. The standard InChI is InChI=1S/C27H30N2O3/c1-20-11-10-16-25(21(20)2)32-19-26(30)29(18-23-14-8-5-9-15-23)24(27(31)28-3)17-22-12-6-4-7-13-22/h4-16,24H,17-19H2,1-3H3,(H,28,31)/t24-/m1/s1. The third-order valence-corrected chi connectivity index (χ3v) is 5.62. The molecule has 0 spiro atoms. The molecule has 0 saturated heterocycles. The lowest BCUT2D eigenvalue weighted by Gasteiger charge is -2.31. The van der Waals surface area contributed by atoms with Crippen molar-refractivity contribution in [2.45, 2.75) is 32.9 Å². The molecule has 0 heterocycles. The molecule has 2 amide bonds. The van der Waals surface area contributed by atoms with E-state index in [0.29, 0.717) is 18.7 Å². The fourth-order valence-electron chi connectivity index (χ4n) is 3.60. The molecule has 0 aliphatic carbocycles. The normalized spacial score (nSPS) is 11.5. The number of aryl methyl sites for hydroxylation is 1. The van der Waals surface area contributed by atoms with E-state index in [1.165, 1.54) is 0 Å². The third kappa shape index (κ3) is 5.97. The number of hydrogen-bond donors (Lipinski definition) is 1. The molecule has 5 heteroatoms. The molecule has 3 aromatic carbocycles. The Labute approximate surface area is 190 Å². The number of nitrogens with one attached hydrogen (secondary N) is 1. The van der Waals surface area contributed by atoms with Crippen molar-refractivity contribution >= 4 is 11.8 Å². The quantitative estimate of drug-likeness (QED) is 0.557. The molecule has 1 atom stereocenters. The van der Waals surface area contributed by atoms with Gasteiger partial charge in [-0.2, -0.15) is 0 Å². The van der Waals surface area contributed by atoms with Crippen LogP contribution in [0.15, 0.2) is 78.9 Å². The number of rotatable bonds is 9. The van der Waals surface area contributed by atoms with Crippen LogP contribution in [0, 0.1) is 13.8 Å². The molecule has 166 valence electrons. The SMILES string of the molecule is CNC(=O)[C@@H](Cc1ccccc1)N(Cc1ccccc1)C(=O)COc1cccc(C)c1C. The van der Waals surface area contributed by atoms with Gasteiger partial charge in [0.05, 0.1) is 0 Å². The average Bonchev–Trinajstić information content (AvgIpc) is 2.83. The Balaban J connectivity index is 1.87. The van der Waals surface area contributed by atoms with Gasteiger partial charge >= 0.3 is 0 Å². The van der Waals surface area contributed by atoms with Crippen molar-refractivity contribution in [3.8, 4) is 5.75 Å². The zero-order chi connectivity index (χ0) is 22.9. The topological polar surface area (TPSA) is 58.6 Å². The summed E-state index contributed by atoms with van der Waals surface area (Å²) in [6.45, 7) is 4.16. The summed E-state index contributed by atoms with van der Waals surface area (Å²) in [6, 6.07) is 24.5. The maximum atomic E-state index is 13.4. The lowest BCUT2D eigenvalue weighted by atomic mass is 10.0. The summed E-state index contributed by atoms with van der Waals surface area (Å²) in [5.74, 6) is 0.238. The van der Waals surface area contributed by atoms with Gasteiger partial charge in [0.1, 0.15) is 11.8 Å². The summed E-state index contributed by atoms with van der Waals surface area (Å²) in [7, 11) is 1.60. The number of ether oxygens (including phenoxy) is 1. The third-order valence-electron chi connectivity index (χ3n) is 5.62. The molecule has 0 aromatic heterocycles. The van der Waals surface area contributed by atoms with Gasteiger partial charge in [-0.3, -0.25) is 9.59 Å². The molecule has 0 fully saturated rings. The summed E-state index contributed by atoms with van der Waals surface area (Å²) in [4.78, 5) is 27.9. The summed E-state index contributed by atoms with van der Waals surface area (Å²) in [6.07, 6.45) is 0.419. The zero-order valence-electron chi connectivity index (χ0n) is 18.9. The van der Waals surface area contributed by atoms with Gasteiger partial charge in [0.2, 0.25) is 5.91 Å². The number of hydrogen-bond acceptors (Lipinski definition) is 3. The fourth-order valence-corrected chi connectivity index (χ4v) is 3.60. The van der Waals surface area contributed by atoms with Gasteiger partial charge < -0.3 is 15.0 Å². The Hall–Kier alpha value is -3.60. The predicted octanol–water partition coefficient (Wildman–Crippen LogP) is 4.07. The maximum Gasteiger partial charge on any atom is 0.261 e. The van der Waals surface area contributed by atoms with Gasteiger partial charge in [0, 0.05) is 20.0 Å². The minimum absolute atomic E-state index is 0.139. The van der Waals surface area contributed by atoms with Crippen LogP contribution in [0.1, 0.15) is 22.3 Å². The van der Waals surface area contributed by atoms with Crippen LogP contribution in [0.4, 0.5) is 0 Å². The molecule has 3 rings (SSSR count). The van der Waals surface area contributed by atoms with Gasteiger partial charge in [-0.1, -0.05) is 72.8 Å². The van der Waals surface area contributed by atoms with E-state index in [4.69, 9.17) is 4.74 Å². The smallest absolute Gasteiger partial charge is 0.261 e. The van der Waals surface area contributed by atoms with Crippen LogP contribution >= 0.6 is 0 Å². The summed E-state index contributed by atoms with van der Waals surface area (Å²) >= 11 is 0. The zero-order valence-corrected chi connectivity index (χ0v) is 18.9. The van der Waals surface area contributed by atoms with Crippen molar-refractivity contribution in [2.24, 2.45) is 0 Å². The molecule has 0 aliphatic rings. The van der Waals surface area contributed by atoms with Gasteiger partial charge in [-0.05, 0) is 42.2 Å². The van der Waals surface area contributed by atoms with E-state index in [0.717, 1.165) is 22.3 Å². The number of carbonyl (C=O) groups is 2. The lowest BCUT2D eigenvalue weighted by molar-refractivity contribution is -0.142. The highest BCUT2D eigenvalue weighted by molar-refractivity contribution is 5.88. The molecule has 0 aliphatic heterocycles. The monoisotopic (exact) mass is 430 g/mol. The Kier molecular flexibility index (Phi) is 8.03. The molecule has 0 unspecified atom stereocenters. The van der Waals surface area contributed by atoms with Gasteiger partial charge in [0.15, 0.2) is 6.61 Å². The van der Waals surface area contributed by atoms with Crippen LogP contribution in [0.3, 0.4) is 0 Å². The molecule has 5 nitrogen and oxygen atoms in total. The van der Waals surface area contributed by atoms with Crippen molar-refractivity contribution in [2.75, 3.05) is 13.7 Å². The largest absolute Gasteiger partial charge is 0.483 e. The van der Waals surface area contributed by atoms with Crippen molar-refractivity contribution in [3.05, 3.63) is 101 Å². The molecule has 0 radical (unpaired) electrons. The predicted molar refractivity (Wildman–Crippen MR) is 126 cm³/mol. The number of amides is 2. The van der Waals surface area contributed by atoms with Crippen LogP contribution in [0.5, 0.6) is 5.75 Å². The first-order valence-electron chi connectivity index (χ1n) is 10.8.